The topological polar surface area (TPSA) is 49.3 Å². The summed E-state index contributed by atoms with van der Waals surface area (Å²) in [6, 6.07) is 7.15. The average Bonchev–Trinajstić information content (AvgIpc) is 2.37. The quantitative estimate of drug-likeness (QED) is 0.876. The summed E-state index contributed by atoms with van der Waals surface area (Å²) in [4.78, 5) is 12.2. The number of benzene rings is 1. The highest BCUT2D eigenvalue weighted by Crippen LogP contribution is 2.23. The van der Waals surface area contributed by atoms with E-state index in [0.717, 1.165) is 31.2 Å². The zero-order chi connectivity index (χ0) is 13.5. The van der Waals surface area contributed by atoms with Crippen molar-refractivity contribution in [3.8, 4) is 5.75 Å². The third-order valence-electron chi connectivity index (χ3n) is 3.92. The Bertz CT molecular complexity index is 409. The van der Waals surface area contributed by atoms with Crippen molar-refractivity contribution in [3.63, 3.8) is 0 Å². The highest BCUT2D eigenvalue weighted by atomic mass is 16.3. The second-order valence-electron chi connectivity index (χ2n) is 5.39. The normalized spacial score (nSPS) is 17.5. The van der Waals surface area contributed by atoms with Gasteiger partial charge in [0.25, 0.3) is 0 Å². The van der Waals surface area contributed by atoms with Crippen LogP contribution in [0.15, 0.2) is 24.3 Å². The summed E-state index contributed by atoms with van der Waals surface area (Å²) in [5.74, 6) is 0.553. The van der Waals surface area contributed by atoms with Gasteiger partial charge in [-0.3, -0.25) is 4.79 Å². The number of phenolic OH excluding ortho intramolecular Hbond substituents is 1. The fourth-order valence-corrected chi connectivity index (χ4v) is 2.71. The number of hydrogen-bond donors (Lipinski definition) is 2. The maximum atomic E-state index is 12.2. The molecule has 2 rings (SSSR count). The number of amides is 1. The van der Waals surface area contributed by atoms with Gasteiger partial charge in [0.1, 0.15) is 5.75 Å². The molecule has 1 aromatic carbocycles. The number of nitrogens with one attached hydrogen (secondary N) is 1. The SMILES string of the molecule is O=C(NCc1ccccc1O)C1CCCCCCC1. The second-order valence-corrected chi connectivity index (χ2v) is 5.39. The molecule has 1 amide bonds. The molecule has 0 aliphatic heterocycles. The van der Waals surface area contributed by atoms with E-state index < -0.39 is 0 Å². The molecule has 0 unspecified atom stereocenters. The molecule has 0 atom stereocenters. The van der Waals surface area contributed by atoms with E-state index in [4.69, 9.17) is 0 Å². The van der Waals surface area contributed by atoms with Gasteiger partial charge in [-0.25, -0.2) is 0 Å². The van der Waals surface area contributed by atoms with Gasteiger partial charge in [0.15, 0.2) is 0 Å². The summed E-state index contributed by atoms with van der Waals surface area (Å²) in [5, 5.41) is 12.6. The van der Waals surface area contributed by atoms with E-state index in [-0.39, 0.29) is 17.6 Å². The molecule has 0 bridgehead atoms. The first-order valence-electron chi connectivity index (χ1n) is 7.32. The zero-order valence-corrected chi connectivity index (χ0v) is 11.4. The Morgan fingerprint density at radius 2 is 1.74 bits per heavy atom. The average molecular weight is 261 g/mol. The number of rotatable bonds is 3. The molecule has 0 aromatic heterocycles. The van der Waals surface area contributed by atoms with E-state index in [1.165, 1.54) is 19.3 Å². The van der Waals surface area contributed by atoms with Crippen LogP contribution in [0, 0.1) is 5.92 Å². The Morgan fingerprint density at radius 1 is 1.11 bits per heavy atom. The van der Waals surface area contributed by atoms with Crippen LogP contribution in [0.25, 0.3) is 0 Å². The van der Waals surface area contributed by atoms with Crippen LogP contribution < -0.4 is 5.32 Å². The molecule has 1 aliphatic rings. The Labute approximate surface area is 115 Å². The number of hydrogen-bond acceptors (Lipinski definition) is 2. The van der Waals surface area contributed by atoms with Gasteiger partial charge < -0.3 is 10.4 Å². The van der Waals surface area contributed by atoms with E-state index in [1.807, 2.05) is 12.1 Å². The van der Waals surface area contributed by atoms with Crippen LogP contribution in [-0.2, 0) is 11.3 Å². The lowest BCUT2D eigenvalue weighted by Crippen LogP contribution is -2.30. The molecule has 0 radical (unpaired) electrons. The molecule has 3 nitrogen and oxygen atoms in total. The lowest BCUT2D eigenvalue weighted by Gasteiger charge is -2.19. The van der Waals surface area contributed by atoms with Gasteiger partial charge in [-0.1, -0.05) is 50.3 Å². The molecular formula is C16H23NO2. The van der Waals surface area contributed by atoms with Gasteiger partial charge >= 0.3 is 0 Å². The molecule has 1 fully saturated rings. The minimum atomic E-state index is 0.144. The van der Waals surface area contributed by atoms with Crippen LogP contribution in [0.3, 0.4) is 0 Å². The summed E-state index contributed by atoms with van der Waals surface area (Å²) in [5.41, 5.74) is 0.779. The van der Waals surface area contributed by atoms with E-state index in [2.05, 4.69) is 5.32 Å². The van der Waals surface area contributed by atoms with Crippen LogP contribution >= 0.6 is 0 Å². The largest absolute Gasteiger partial charge is 0.508 e. The Kier molecular flexibility index (Phi) is 5.25. The van der Waals surface area contributed by atoms with Gasteiger partial charge in [0, 0.05) is 18.0 Å². The molecule has 19 heavy (non-hydrogen) atoms. The number of para-hydroxylation sites is 1. The number of aromatic hydroxyl groups is 1. The first-order valence-corrected chi connectivity index (χ1v) is 7.32. The van der Waals surface area contributed by atoms with Crippen molar-refractivity contribution in [1.82, 2.24) is 5.32 Å². The first kappa shape index (κ1) is 13.9. The Morgan fingerprint density at radius 3 is 2.42 bits per heavy atom. The molecular weight excluding hydrogens is 238 g/mol. The number of phenols is 1. The fraction of sp³-hybridized carbons (Fsp3) is 0.562. The third kappa shape index (κ3) is 4.27. The molecule has 1 aliphatic carbocycles. The van der Waals surface area contributed by atoms with Gasteiger partial charge in [0.05, 0.1) is 0 Å². The van der Waals surface area contributed by atoms with Crippen molar-refractivity contribution >= 4 is 5.91 Å². The predicted molar refractivity (Wildman–Crippen MR) is 75.8 cm³/mol. The van der Waals surface area contributed by atoms with Crippen molar-refractivity contribution in [1.29, 1.82) is 0 Å². The maximum Gasteiger partial charge on any atom is 0.223 e. The van der Waals surface area contributed by atoms with Crippen LogP contribution in [0.4, 0.5) is 0 Å². The summed E-state index contributed by atoms with van der Waals surface area (Å²) in [7, 11) is 0. The highest BCUT2D eigenvalue weighted by Gasteiger charge is 2.19. The van der Waals surface area contributed by atoms with Crippen molar-refractivity contribution < 1.29 is 9.90 Å². The zero-order valence-electron chi connectivity index (χ0n) is 11.4. The van der Waals surface area contributed by atoms with Crippen molar-refractivity contribution in [3.05, 3.63) is 29.8 Å². The highest BCUT2D eigenvalue weighted by molar-refractivity contribution is 5.78. The van der Waals surface area contributed by atoms with Crippen molar-refractivity contribution in [2.75, 3.05) is 0 Å². The molecule has 0 spiro atoms. The molecule has 0 heterocycles. The standard InChI is InChI=1S/C16H23NO2/c18-15-11-7-6-10-14(15)12-17-16(19)13-8-4-2-1-3-5-9-13/h6-7,10-11,13,18H,1-5,8-9,12H2,(H,17,19). The monoisotopic (exact) mass is 261 g/mol. The van der Waals surface area contributed by atoms with Crippen molar-refractivity contribution in [2.45, 2.75) is 51.5 Å². The van der Waals surface area contributed by atoms with Crippen LogP contribution in [0.2, 0.25) is 0 Å². The van der Waals surface area contributed by atoms with E-state index >= 15 is 0 Å². The van der Waals surface area contributed by atoms with E-state index in [1.54, 1.807) is 12.1 Å². The Balaban J connectivity index is 1.84. The lowest BCUT2D eigenvalue weighted by atomic mass is 9.90. The van der Waals surface area contributed by atoms with Crippen molar-refractivity contribution in [2.24, 2.45) is 5.92 Å². The fourth-order valence-electron chi connectivity index (χ4n) is 2.71. The van der Waals surface area contributed by atoms with Gasteiger partial charge in [-0.2, -0.15) is 0 Å². The predicted octanol–water partition coefficient (Wildman–Crippen LogP) is 3.37. The van der Waals surface area contributed by atoms with Gasteiger partial charge in [-0.05, 0) is 18.9 Å². The minimum Gasteiger partial charge on any atom is -0.508 e. The summed E-state index contributed by atoms with van der Waals surface area (Å²) in [6.45, 7) is 0.419. The Hall–Kier alpha value is -1.51. The number of carbonyl (C=O) groups is 1. The van der Waals surface area contributed by atoms with Crippen LogP contribution in [0.1, 0.15) is 50.5 Å². The minimum absolute atomic E-state index is 0.144. The second kappa shape index (κ2) is 7.17. The third-order valence-corrected chi connectivity index (χ3v) is 3.92. The maximum absolute atomic E-state index is 12.2. The van der Waals surface area contributed by atoms with E-state index in [9.17, 15) is 9.90 Å². The molecule has 1 aromatic rings. The molecule has 104 valence electrons. The molecule has 3 heteroatoms. The molecule has 0 saturated heterocycles. The van der Waals surface area contributed by atoms with Gasteiger partial charge in [-0.15, -0.1) is 0 Å². The van der Waals surface area contributed by atoms with Crippen LogP contribution in [0.5, 0.6) is 5.75 Å². The molecule has 2 N–H and O–H groups in total. The lowest BCUT2D eigenvalue weighted by molar-refractivity contribution is -0.125. The summed E-state index contributed by atoms with van der Waals surface area (Å²) >= 11 is 0. The summed E-state index contributed by atoms with van der Waals surface area (Å²) < 4.78 is 0. The van der Waals surface area contributed by atoms with E-state index in [0.29, 0.717) is 6.54 Å². The first-order chi connectivity index (χ1) is 9.27. The summed E-state index contributed by atoms with van der Waals surface area (Å²) in [6.07, 6.45) is 8.15. The van der Waals surface area contributed by atoms with Crippen LogP contribution in [-0.4, -0.2) is 11.0 Å². The molecule has 1 saturated carbocycles. The number of carbonyl (C=O) groups excluding carboxylic acids is 1. The van der Waals surface area contributed by atoms with Gasteiger partial charge in [0.2, 0.25) is 5.91 Å². The smallest absolute Gasteiger partial charge is 0.223 e.